The van der Waals surface area contributed by atoms with Crippen molar-refractivity contribution in [3.05, 3.63) is 59.7 Å². The second-order valence-electron chi connectivity index (χ2n) is 7.08. The van der Waals surface area contributed by atoms with Crippen molar-refractivity contribution < 1.29 is 9.13 Å². The highest BCUT2D eigenvalue weighted by Crippen LogP contribution is 2.24. The van der Waals surface area contributed by atoms with Gasteiger partial charge in [-0.05, 0) is 32.4 Å². The van der Waals surface area contributed by atoms with Crippen LogP contribution in [0.25, 0.3) is 28.6 Å². The molecule has 0 bridgehead atoms. The summed E-state index contributed by atoms with van der Waals surface area (Å²) < 4.78 is 8.77. The van der Waals surface area contributed by atoms with Crippen LogP contribution in [0.4, 0.5) is 0 Å². The van der Waals surface area contributed by atoms with Crippen LogP contribution in [-0.4, -0.2) is 14.0 Å². The highest BCUT2D eigenvalue weighted by molar-refractivity contribution is 5.60. The number of hydrogen-bond donors (Lipinski definition) is 0. The molecule has 0 fully saturated rings. The van der Waals surface area contributed by atoms with E-state index in [1.807, 2.05) is 0 Å². The molecule has 4 aromatic heterocycles. The summed E-state index contributed by atoms with van der Waals surface area (Å²) >= 11 is 0. The van der Waals surface area contributed by atoms with Crippen molar-refractivity contribution in [2.24, 2.45) is 21.1 Å². The summed E-state index contributed by atoms with van der Waals surface area (Å²) in [4.78, 5) is 4.72. The Morgan fingerprint density at radius 3 is 2.38 bits per heavy atom. The lowest BCUT2D eigenvalue weighted by molar-refractivity contribution is -0.685. The first-order valence-corrected chi connectivity index (χ1v) is 8.85. The first-order chi connectivity index (χ1) is 12.4. The molecule has 0 aromatic carbocycles. The van der Waals surface area contributed by atoms with Crippen LogP contribution in [0.2, 0.25) is 0 Å². The second kappa shape index (κ2) is 5.80. The van der Waals surface area contributed by atoms with Gasteiger partial charge in [0.05, 0.1) is 5.69 Å². The lowest BCUT2D eigenvalue weighted by Crippen LogP contribution is -2.40. The van der Waals surface area contributed by atoms with Crippen LogP contribution in [0, 0.1) is 20.8 Å². The van der Waals surface area contributed by atoms with Gasteiger partial charge in [-0.15, -0.1) is 0 Å². The largest absolute Gasteiger partial charge is 0.308 e. The third-order valence-corrected chi connectivity index (χ3v) is 5.31. The lowest BCUT2D eigenvalue weighted by Gasteiger charge is -2.07. The predicted octanol–water partition coefficient (Wildman–Crippen LogP) is 2.58. The molecule has 5 nitrogen and oxygen atoms in total. The quantitative estimate of drug-likeness (QED) is 0.513. The fourth-order valence-corrected chi connectivity index (χ4v) is 3.63. The number of imidazole rings is 2. The maximum absolute atomic E-state index is 4.72. The van der Waals surface area contributed by atoms with E-state index in [1.54, 1.807) is 0 Å². The van der Waals surface area contributed by atoms with Gasteiger partial charge in [-0.25, -0.2) is 4.98 Å². The standard InChI is InChI=1S/C21H25N5/c1-14-11-18(17-9-7-8-10-23(17)4)24(5)19(12-14)20-13-26-16(3)15(2)22-21(26)25(20)6/h7-13H,1-6H3/q+2. The van der Waals surface area contributed by atoms with Crippen LogP contribution in [-0.2, 0) is 21.1 Å². The minimum atomic E-state index is 0.975. The van der Waals surface area contributed by atoms with Crippen LogP contribution < -0.4 is 9.13 Å². The first-order valence-electron chi connectivity index (χ1n) is 8.85. The number of aromatic nitrogens is 5. The molecule has 5 heteroatoms. The summed E-state index contributed by atoms with van der Waals surface area (Å²) in [5.41, 5.74) is 8.21. The number of hydrogen-bond acceptors (Lipinski definition) is 1. The van der Waals surface area contributed by atoms with Gasteiger partial charge in [-0.2, -0.15) is 9.13 Å². The molecule has 26 heavy (non-hydrogen) atoms. The van der Waals surface area contributed by atoms with Gasteiger partial charge in [-0.1, -0.05) is 0 Å². The lowest BCUT2D eigenvalue weighted by atomic mass is 10.1. The van der Waals surface area contributed by atoms with Crippen LogP contribution in [0.15, 0.2) is 42.7 Å². The molecule has 4 aromatic rings. The highest BCUT2D eigenvalue weighted by Gasteiger charge is 2.26. The van der Waals surface area contributed by atoms with Crippen molar-refractivity contribution in [1.29, 1.82) is 0 Å². The molecule has 0 atom stereocenters. The van der Waals surface area contributed by atoms with E-state index in [-0.39, 0.29) is 0 Å². The zero-order valence-corrected chi connectivity index (χ0v) is 16.3. The monoisotopic (exact) mass is 347 g/mol. The van der Waals surface area contributed by atoms with Crippen molar-refractivity contribution in [3.63, 3.8) is 0 Å². The molecule has 0 aliphatic heterocycles. The molecule has 0 radical (unpaired) electrons. The summed E-state index contributed by atoms with van der Waals surface area (Å²) in [6.45, 7) is 6.33. The molecule has 0 amide bonds. The average molecular weight is 347 g/mol. The van der Waals surface area contributed by atoms with Crippen molar-refractivity contribution >= 4 is 5.78 Å². The Morgan fingerprint density at radius 2 is 1.69 bits per heavy atom. The summed E-state index contributed by atoms with van der Waals surface area (Å²) in [5.74, 6) is 0.975. The maximum Gasteiger partial charge on any atom is 0.277 e. The Hall–Kier alpha value is -2.95. The Bertz CT molecular complexity index is 1150. The minimum Gasteiger partial charge on any atom is -0.308 e. The molecule has 0 saturated carbocycles. The molecule has 0 N–H and O–H groups in total. The van der Waals surface area contributed by atoms with E-state index in [1.165, 1.54) is 28.3 Å². The van der Waals surface area contributed by atoms with E-state index < -0.39 is 0 Å². The van der Waals surface area contributed by atoms with E-state index in [4.69, 9.17) is 4.98 Å². The molecule has 0 aliphatic carbocycles. The van der Waals surface area contributed by atoms with Crippen molar-refractivity contribution in [3.8, 4) is 22.8 Å². The minimum absolute atomic E-state index is 0.975. The second-order valence-corrected chi connectivity index (χ2v) is 7.08. The third kappa shape index (κ3) is 2.35. The van der Waals surface area contributed by atoms with Gasteiger partial charge in [0, 0.05) is 43.2 Å². The van der Waals surface area contributed by atoms with E-state index in [0.29, 0.717) is 0 Å². The Balaban J connectivity index is 1.99. The highest BCUT2D eigenvalue weighted by atomic mass is 15.2. The summed E-state index contributed by atoms with van der Waals surface area (Å²) in [7, 11) is 6.30. The Morgan fingerprint density at radius 1 is 0.962 bits per heavy atom. The number of aryl methyl sites for hydroxylation is 5. The summed E-state index contributed by atoms with van der Waals surface area (Å²) in [5, 5.41) is 0. The fraction of sp³-hybridized carbons (Fsp3) is 0.286. The predicted molar refractivity (Wildman–Crippen MR) is 102 cm³/mol. The number of fused-ring (bicyclic) bond motifs is 1. The van der Waals surface area contributed by atoms with Gasteiger partial charge >= 0.3 is 0 Å². The van der Waals surface area contributed by atoms with Gasteiger partial charge in [0.15, 0.2) is 6.20 Å². The summed E-state index contributed by atoms with van der Waals surface area (Å²) in [6.07, 6.45) is 4.27. The molecule has 4 heterocycles. The van der Waals surface area contributed by atoms with Crippen molar-refractivity contribution in [2.45, 2.75) is 20.8 Å². The maximum atomic E-state index is 4.72. The van der Waals surface area contributed by atoms with Crippen LogP contribution >= 0.6 is 0 Å². The first kappa shape index (κ1) is 16.5. The topological polar surface area (TPSA) is 30.0 Å². The zero-order valence-electron chi connectivity index (χ0n) is 16.3. The molecule has 0 unspecified atom stereocenters. The van der Waals surface area contributed by atoms with Crippen molar-refractivity contribution in [1.82, 2.24) is 14.0 Å². The third-order valence-electron chi connectivity index (χ3n) is 5.31. The van der Waals surface area contributed by atoms with E-state index in [2.05, 4.69) is 103 Å². The summed E-state index contributed by atoms with van der Waals surface area (Å²) in [6, 6.07) is 10.8. The smallest absolute Gasteiger partial charge is 0.277 e. The van der Waals surface area contributed by atoms with E-state index in [0.717, 1.165) is 17.2 Å². The molecule has 0 spiro atoms. The fourth-order valence-electron chi connectivity index (χ4n) is 3.63. The Kier molecular flexibility index (Phi) is 3.68. The normalized spacial score (nSPS) is 11.5. The average Bonchev–Trinajstić information content (AvgIpc) is 3.07. The van der Waals surface area contributed by atoms with Gasteiger partial charge in [0.1, 0.15) is 19.8 Å². The van der Waals surface area contributed by atoms with Gasteiger partial charge in [0.2, 0.25) is 11.5 Å². The van der Waals surface area contributed by atoms with Gasteiger partial charge < -0.3 is 4.57 Å². The Labute approximate surface area is 153 Å². The molecule has 0 aliphatic rings. The number of nitrogens with zero attached hydrogens (tertiary/aromatic N) is 5. The van der Waals surface area contributed by atoms with Gasteiger partial charge in [0.25, 0.3) is 11.4 Å². The molecular weight excluding hydrogens is 322 g/mol. The molecule has 0 saturated heterocycles. The van der Waals surface area contributed by atoms with E-state index >= 15 is 0 Å². The zero-order chi connectivity index (χ0) is 18.6. The molecule has 4 rings (SSSR count). The van der Waals surface area contributed by atoms with E-state index in [9.17, 15) is 0 Å². The van der Waals surface area contributed by atoms with Crippen LogP contribution in [0.3, 0.4) is 0 Å². The SMILES string of the molecule is Cc1cc(-c2cn3c(C)c(C)nc3n2C)[n+](C)c(-c2cccc[n+]2C)c1. The van der Waals surface area contributed by atoms with Gasteiger partial charge in [-0.3, -0.25) is 4.40 Å². The molecular formula is C21H25N5+2. The number of pyridine rings is 2. The number of rotatable bonds is 2. The molecule has 132 valence electrons. The van der Waals surface area contributed by atoms with Crippen molar-refractivity contribution in [2.75, 3.05) is 0 Å². The van der Waals surface area contributed by atoms with Crippen LogP contribution in [0.5, 0.6) is 0 Å². The van der Waals surface area contributed by atoms with Crippen LogP contribution in [0.1, 0.15) is 17.0 Å².